The van der Waals surface area contributed by atoms with Crippen molar-refractivity contribution in [3.05, 3.63) is 68.6 Å². The average molecular weight is 309 g/mol. The summed E-state index contributed by atoms with van der Waals surface area (Å²) in [5, 5.41) is 10.5. The summed E-state index contributed by atoms with van der Waals surface area (Å²) in [5.41, 5.74) is 0.111. The van der Waals surface area contributed by atoms with Crippen LogP contribution in [0.25, 0.3) is 0 Å². The molecule has 1 aromatic carbocycles. The summed E-state index contributed by atoms with van der Waals surface area (Å²) in [6, 6.07) is 7.83. The van der Waals surface area contributed by atoms with Crippen molar-refractivity contribution < 1.29 is 13.3 Å². The van der Waals surface area contributed by atoms with Gasteiger partial charge in [-0.2, -0.15) is 0 Å². The number of benzene rings is 1. The number of nitrogens with zero attached hydrogens (tertiary/aromatic N) is 1. The number of aromatic amines is 1. The molecule has 0 atom stereocenters. The van der Waals surface area contributed by atoms with Gasteiger partial charge in [-0.25, -0.2) is 13.1 Å². The van der Waals surface area contributed by atoms with E-state index in [1.807, 2.05) is 0 Å². The van der Waals surface area contributed by atoms with Crippen molar-refractivity contribution in [3.63, 3.8) is 0 Å². The second-order valence-electron chi connectivity index (χ2n) is 4.14. The van der Waals surface area contributed by atoms with Crippen LogP contribution in [0.15, 0.2) is 52.3 Å². The van der Waals surface area contributed by atoms with Crippen LogP contribution in [0.1, 0.15) is 5.56 Å². The van der Waals surface area contributed by atoms with E-state index in [0.717, 1.165) is 12.3 Å². The van der Waals surface area contributed by atoms with Crippen LogP contribution in [0, 0.1) is 10.1 Å². The molecular weight excluding hydrogens is 298 g/mol. The highest BCUT2D eigenvalue weighted by atomic mass is 32.2. The smallest absolute Gasteiger partial charge is 0.269 e. The Morgan fingerprint density at radius 2 is 1.81 bits per heavy atom. The fraction of sp³-hybridized carbons (Fsp3) is 0.0833. The molecule has 21 heavy (non-hydrogen) atoms. The van der Waals surface area contributed by atoms with Crippen molar-refractivity contribution in [2.75, 3.05) is 0 Å². The Kier molecular flexibility index (Phi) is 4.15. The molecule has 0 spiro atoms. The van der Waals surface area contributed by atoms with Crippen LogP contribution in [-0.2, 0) is 16.6 Å². The maximum Gasteiger partial charge on any atom is 0.269 e. The Labute approximate surface area is 119 Å². The molecule has 0 saturated carbocycles. The summed E-state index contributed by atoms with van der Waals surface area (Å²) in [4.78, 5) is 23.1. The van der Waals surface area contributed by atoms with Crippen molar-refractivity contribution in [1.82, 2.24) is 9.71 Å². The summed E-state index contributed by atoms with van der Waals surface area (Å²) in [5.74, 6) is 0. The third-order valence-corrected chi connectivity index (χ3v) is 4.08. The van der Waals surface area contributed by atoms with E-state index >= 15 is 0 Å². The number of hydrogen-bond acceptors (Lipinski definition) is 5. The van der Waals surface area contributed by atoms with Gasteiger partial charge in [0.1, 0.15) is 0 Å². The van der Waals surface area contributed by atoms with Gasteiger partial charge in [0.05, 0.1) is 9.82 Å². The Hall–Kier alpha value is -2.52. The lowest BCUT2D eigenvalue weighted by Crippen LogP contribution is -2.24. The zero-order valence-electron chi connectivity index (χ0n) is 10.6. The first-order valence-corrected chi connectivity index (χ1v) is 7.28. The van der Waals surface area contributed by atoms with Crippen LogP contribution in [0.4, 0.5) is 5.69 Å². The number of nitro groups is 1. The molecule has 0 aliphatic heterocycles. The molecule has 0 saturated heterocycles. The van der Waals surface area contributed by atoms with Crippen LogP contribution in [0.3, 0.4) is 0 Å². The molecule has 1 aromatic heterocycles. The van der Waals surface area contributed by atoms with Gasteiger partial charge in [-0.3, -0.25) is 14.9 Å². The molecule has 9 heteroatoms. The predicted octanol–water partition coefficient (Wildman–Crippen LogP) is 0.762. The molecule has 0 aliphatic carbocycles. The zero-order valence-corrected chi connectivity index (χ0v) is 11.5. The largest absolute Gasteiger partial charge is 0.328 e. The van der Waals surface area contributed by atoms with Crippen molar-refractivity contribution in [2.45, 2.75) is 11.4 Å². The standard InChI is InChI=1S/C12H11N3O5S/c16-12-6-5-11(8-13-12)21(19,20)14-7-9-1-3-10(4-2-9)15(17)18/h1-6,8,14H,7H2,(H,13,16). The number of aromatic nitrogens is 1. The third kappa shape index (κ3) is 3.74. The van der Waals surface area contributed by atoms with Crippen molar-refractivity contribution in [2.24, 2.45) is 0 Å². The summed E-state index contributed by atoms with van der Waals surface area (Å²) >= 11 is 0. The predicted molar refractivity (Wildman–Crippen MR) is 74.2 cm³/mol. The molecular formula is C12H11N3O5S. The number of hydrogen-bond donors (Lipinski definition) is 2. The molecule has 2 N–H and O–H groups in total. The van der Waals surface area contributed by atoms with E-state index in [0.29, 0.717) is 5.56 Å². The van der Waals surface area contributed by atoms with Gasteiger partial charge in [0.2, 0.25) is 15.6 Å². The lowest BCUT2D eigenvalue weighted by atomic mass is 10.2. The molecule has 0 aliphatic rings. The summed E-state index contributed by atoms with van der Waals surface area (Å²) in [6.07, 6.45) is 1.10. The van der Waals surface area contributed by atoms with Gasteiger partial charge in [0, 0.05) is 30.9 Å². The molecule has 0 radical (unpaired) electrons. The van der Waals surface area contributed by atoms with Crippen molar-refractivity contribution >= 4 is 15.7 Å². The van der Waals surface area contributed by atoms with E-state index in [2.05, 4.69) is 9.71 Å². The van der Waals surface area contributed by atoms with E-state index < -0.39 is 20.5 Å². The number of H-pyrrole nitrogens is 1. The Morgan fingerprint density at radius 3 is 2.33 bits per heavy atom. The molecule has 110 valence electrons. The molecule has 0 fully saturated rings. The number of rotatable bonds is 5. The molecule has 2 rings (SSSR count). The van der Waals surface area contributed by atoms with Gasteiger partial charge in [-0.15, -0.1) is 0 Å². The molecule has 0 unspecified atom stereocenters. The zero-order chi connectivity index (χ0) is 15.5. The minimum atomic E-state index is -3.76. The fourth-order valence-corrected chi connectivity index (χ4v) is 2.55. The Morgan fingerprint density at radius 1 is 1.14 bits per heavy atom. The Bertz CT molecular complexity index is 791. The van der Waals surface area contributed by atoms with Gasteiger partial charge in [-0.05, 0) is 11.6 Å². The van der Waals surface area contributed by atoms with E-state index in [1.54, 1.807) is 0 Å². The topological polar surface area (TPSA) is 122 Å². The van der Waals surface area contributed by atoms with Crippen LogP contribution in [-0.4, -0.2) is 18.3 Å². The SMILES string of the molecule is O=c1ccc(S(=O)(=O)NCc2ccc([N+](=O)[O-])cc2)c[nH]1. The highest BCUT2D eigenvalue weighted by Crippen LogP contribution is 2.12. The van der Waals surface area contributed by atoms with Gasteiger partial charge in [-0.1, -0.05) is 12.1 Å². The van der Waals surface area contributed by atoms with Gasteiger partial charge >= 0.3 is 0 Å². The number of nitrogens with one attached hydrogen (secondary N) is 2. The first-order valence-electron chi connectivity index (χ1n) is 5.80. The second-order valence-corrected chi connectivity index (χ2v) is 5.90. The van der Waals surface area contributed by atoms with Crippen LogP contribution < -0.4 is 10.3 Å². The third-order valence-electron chi connectivity index (χ3n) is 2.68. The molecule has 0 bridgehead atoms. The molecule has 1 heterocycles. The Balaban J connectivity index is 2.09. The minimum Gasteiger partial charge on any atom is -0.328 e. The summed E-state index contributed by atoms with van der Waals surface area (Å²) < 4.78 is 26.2. The second kappa shape index (κ2) is 5.85. The molecule has 2 aromatic rings. The van der Waals surface area contributed by atoms with Crippen molar-refractivity contribution in [1.29, 1.82) is 0 Å². The number of sulfonamides is 1. The van der Waals surface area contributed by atoms with E-state index in [9.17, 15) is 23.3 Å². The van der Waals surface area contributed by atoms with Crippen LogP contribution in [0.2, 0.25) is 0 Å². The maximum absolute atomic E-state index is 12.0. The van der Waals surface area contributed by atoms with Gasteiger partial charge < -0.3 is 4.98 Å². The number of pyridine rings is 1. The highest BCUT2D eigenvalue weighted by molar-refractivity contribution is 7.89. The van der Waals surface area contributed by atoms with E-state index in [4.69, 9.17) is 0 Å². The van der Waals surface area contributed by atoms with E-state index in [1.165, 1.54) is 30.3 Å². The number of non-ortho nitro benzene ring substituents is 1. The van der Waals surface area contributed by atoms with Gasteiger partial charge in [0.15, 0.2) is 0 Å². The first kappa shape index (κ1) is 14.9. The van der Waals surface area contributed by atoms with Crippen molar-refractivity contribution in [3.8, 4) is 0 Å². The minimum absolute atomic E-state index is 0.0144. The van der Waals surface area contributed by atoms with Crippen LogP contribution >= 0.6 is 0 Å². The van der Waals surface area contributed by atoms with Gasteiger partial charge in [0.25, 0.3) is 5.69 Å². The lowest BCUT2D eigenvalue weighted by Gasteiger charge is -2.06. The van der Waals surface area contributed by atoms with E-state index in [-0.39, 0.29) is 17.1 Å². The average Bonchev–Trinajstić information content (AvgIpc) is 2.46. The quantitative estimate of drug-likeness (QED) is 0.623. The fourth-order valence-electron chi connectivity index (χ4n) is 1.56. The molecule has 0 amide bonds. The monoisotopic (exact) mass is 309 g/mol. The number of nitro benzene ring substituents is 1. The lowest BCUT2D eigenvalue weighted by molar-refractivity contribution is -0.384. The van der Waals surface area contributed by atoms with Crippen LogP contribution in [0.5, 0.6) is 0 Å². The maximum atomic E-state index is 12.0. The highest BCUT2D eigenvalue weighted by Gasteiger charge is 2.14. The first-order chi connectivity index (χ1) is 9.88. The summed E-state index contributed by atoms with van der Waals surface area (Å²) in [7, 11) is -3.76. The normalized spacial score (nSPS) is 11.2. The summed E-state index contributed by atoms with van der Waals surface area (Å²) in [6.45, 7) is -0.0144. The molecule has 8 nitrogen and oxygen atoms in total.